The monoisotopic (exact) mass is 339 g/mol. The Morgan fingerprint density at radius 3 is 2.72 bits per heavy atom. The minimum absolute atomic E-state index is 0.00939. The van der Waals surface area contributed by atoms with Crippen molar-refractivity contribution in [2.24, 2.45) is 0 Å². The molecule has 3 rings (SSSR count). The molecule has 0 saturated carbocycles. The number of aryl methyl sites for hydroxylation is 1. The predicted octanol–water partition coefficient (Wildman–Crippen LogP) is 4.47. The van der Waals surface area contributed by atoms with Gasteiger partial charge in [0, 0.05) is 17.8 Å². The molecule has 25 heavy (non-hydrogen) atoms. The number of nitrogens with zero attached hydrogens (tertiary/aromatic N) is 1. The highest BCUT2D eigenvalue weighted by Gasteiger charge is 2.24. The lowest BCUT2D eigenvalue weighted by Crippen LogP contribution is -2.35. The third-order valence-corrected chi connectivity index (χ3v) is 4.31. The van der Waals surface area contributed by atoms with Crippen LogP contribution in [-0.2, 0) is 6.42 Å². The summed E-state index contributed by atoms with van der Waals surface area (Å²) in [6.45, 7) is 5.90. The van der Waals surface area contributed by atoms with Crippen molar-refractivity contribution in [3.8, 4) is 11.5 Å². The fraction of sp³-hybridized carbons (Fsp3) is 0.381. The minimum atomic E-state index is 0.00939. The van der Waals surface area contributed by atoms with Gasteiger partial charge in [0.1, 0.15) is 0 Å². The van der Waals surface area contributed by atoms with E-state index in [1.165, 1.54) is 5.56 Å². The van der Waals surface area contributed by atoms with Crippen LogP contribution >= 0.6 is 0 Å². The molecular formula is C21H25NO3. The zero-order valence-corrected chi connectivity index (χ0v) is 15.0. The number of anilines is 1. The Morgan fingerprint density at radius 1 is 1.08 bits per heavy atom. The van der Waals surface area contributed by atoms with E-state index in [0.29, 0.717) is 30.3 Å². The summed E-state index contributed by atoms with van der Waals surface area (Å²) in [5.74, 6) is 1.33. The van der Waals surface area contributed by atoms with Crippen molar-refractivity contribution in [3.63, 3.8) is 0 Å². The Bertz CT molecular complexity index is 742. The van der Waals surface area contributed by atoms with E-state index < -0.39 is 0 Å². The third-order valence-electron chi connectivity index (χ3n) is 4.31. The highest BCUT2D eigenvalue weighted by Crippen LogP contribution is 2.32. The second-order valence-corrected chi connectivity index (χ2v) is 6.13. The molecule has 0 bridgehead atoms. The van der Waals surface area contributed by atoms with Gasteiger partial charge in [-0.1, -0.05) is 25.1 Å². The predicted molar refractivity (Wildman–Crippen MR) is 99.8 cm³/mol. The molecule has 0 aromatic heterocycles. The van der Waals surface area contributed by atoms with E-state index >= 15 is 0 Å². The van der Waals surface area contributed by atoms with Crippen molar-refractivity contribution < 1.29 is 14.3 Å². The van der Waals surface area contributed by atoms with Gasteiger partial charge in [0.25, 0.3) is 5.91 Å². The Kier molecular flexibility index (Phi) is 5.59. The van der Waals surface area contributed by atoms with Gasteiger partial charge in [0.05, 0.1) is 13.2 Å². The fourth-order valence-corrected chi connectivity index (χ4v) is 3.14. The second kappa shape index (κ2) is 8.06. The van der Waals surface area contributed by atoms with Crippen LogP contribution in [0.3, 0.4) is 0 Å². The highest BCUT2D eigenvalue weighted by atomic mass is 16.5. The molecule has 0 N–H and O–H groups in total. The number of carbonyl (C=O) groups is 1. The van der Waals surface area contributed by atoms with Crippen molar-refractivity contribution in [2.45, 2.75) is 33.1 Å². The summed E-state index contributed by atoms with van der Waals surface area (Å²) in [6, 6.07) is 13.6. The molecule has 4 nitrogen and oxygen atoms in total. The smallest absolute Gasteiger partial charge is 0.258 e. The van der Waals surface area contributed by atoms with E-state index in [4.69, 9.17) is 9.47 Å². The minimum Gasteiger partial charge on any atom is -0.490 e. The van der Waals surface area contributed by atoms with E-state index in [1.54, 1.807) is 6.07 Å². The van der Waals surface area contributed by atoms with Crippen LogP contribution < -0.4 is 14.4 Å². The summed E-state index contributed by atoms with van der Waals surface area (Å²) in [7, 11) is 0. The number of rotatable bonds is 6. The molecule has 1 heterocycles. The largest absolute Gasteiger partial charge is 0.490 e. The van der Waals surface area contributed by atoms with Crippen LogP contribution in [-0.4, -0.2) is 25.7 Å². The van der Waals surface area contributed by atoms with Crippen LogP contribution in [0.15, 0.2) is 42.5 Å². The molecule has 0 radical (unpaired) electrons. The molecule has 1 aliphatic heterocycles. The van der Waals surface area contributed by atoms with Gasteiger partial charge in [-0.3, -0.25) is 4.79 Å². The summed E-state index contributed by atoms with van der Waals surface area (Å²) in [6.07, 6.45) is 2.93. The molecule has 2 aromatic carbocycles. The molecule has 0 saturated heterocycles. The van der Waals surface area contributed by atoms with Crippen LogP contribution in [0.1, 0.15) is 42.6 Å². The van der Waals surface area contributed by atoms with Crippen LogP contribution in [0, 0.1) is 0 Å². The Hall–Kier alpha value is -2.49. The van der Waals surface area contributed by atoms with Crippen LogP contribution in [0.2, 0.25) is 0 Å². The average molecular weight is 339 g/mol. The van der Waals surface area contributed by atoms with Crippen molar-refractivity contribution in [3.05, 3.63) is 53.6 Å². The van der Waals surface area contributed by atoms with Gasteiger partial charge in [-0.2, -0.15) is 0 Å². The Labute approximate surface area is 149 Å². The van der Waals surface area contributed by atoms with Gasteiger partial charge >= 0.3 is 0 Å². The molecule has 0 atom stereocenters. The first-order chi connectivity index (χ1) is 12.2. The van der Waals surface area contributed by atoms with Gasteiger partial charge in [0.2, 0.25) is 0 Å². The van der Waals surface area contributed by atoms with Gasteiger partial charge in [0.15, 0.2) is 11.5 Å². The number of para-hydroxylation sites is 1. The van der Waals surface area contributed by atoms with Gasteiger partial charge in [-0.05, 0) is 56.0 Å². The van der Waals surface area contributed by atoms with Crippen molar-refractivity contribution in [1.82, 2.24) is 0 Å². The third kappa shape index (κ3) is 3.78. The maximum absolute atomic E-state index is 13.1. The summed E-state index contributed by atoms with van der Waals surface area (Å²) >= 11 is 0. The zero-order valence-electron chi connectivity index (χ0n) is 15.0. The normalized spacial score (nSPS) is 13.3. The Morgan fingerprint density at radius 2 is 1.92 bits per heavy atom. The number of hydrogen-bond donors (Lipinski definition) is 0. The highest BCUT2D eigenvalue weighted by molar-refractivity contribution is 6.07. The topological polar surface area (TPSA) is 38.8 Å². The average Bonchev–Trinajstić information content (AvgIpc) is 2.66. The maximum atomic E-state index is 13.1. The lowest BCUT2D eigenvalue weighted by atomic mass is 10.0. The molecule has 0 fully saturated rings. The molecule has 1 aliphatic rings. The first-order valence-corrected chi connectivity index (χ1v) is 9.04. The molecule has 132 valence electrons. The van der Waals surface area contributed by atoms with Gasteiger partial charge in [-0.15, -0.1) is 0 Å². The lowest BCUT2D eigenvalue weighted by molar-refractivity contribution is 0.0984. The first-order valence-electron chi connectivity index (χ1n) is 9.04. The van der Waals surface area contributed by atoms with Crippen molar-refractivity contribution in [2.75, 3.05) is 24.7 Å². The van der Waals surface area contributed by atoms with E-state index in [0.717, 1.165) is 31.5 Å². The molecule has 1 amide bonds. The van der Waals surface area contributed by atoms with E-state index in [9.17, 15) is 4.79 Å². The number of hydrogen-bond acceptors (Lipinski definition) is 3. The Balaban J connectivity index is 1.89. The zero-order chi connectivity index (χ0) is 17.6. The summed E-state index contributed by atoms with van der Waals surface area (Å²) < 4.78 is 11.4. The van der Waals surface area contributed by atoms with E-state index in [-0.39, 0.29) is 5.91 Å². The summed E-state index contributed by atoms with van der Waals surface area (Å²) in [5, 5.41) is 0. The fourth-order valence-electron chi connectivity index (χ4n) is 3.14. The number of amides is 1. The molecule has 0 aliphatic carbocycles. The van der Waals surface area contributed by atoms with Crippen molar-refractivity contribution >= 4 is 11.6 Å². The van der Waals surface area contributed by atoms with Gasteiger partial charge in [-0.25, -0.2) is 0 Å². The van der Waals surface area contributed by atoms with Crippen molar-refractivity contribution in [1.29, 1.82) is 0 Å². The lowest BCUT2D eigenvalue weighted by Gasteiger charge is -2.29. The van der Waals surface area contributed by atoms with E-state index in [1.807, 2.05) is 42.2 Å². The second-order valence-electron chi connectivity index (χ2n) is 6.13. The van der Waals surface area contributed by atoms with Crippen LogP contribution in [0.4, 0.5) is 5.69 Å². The summed E-state index contributed by atoms with van der Waals surface area (Å²) in [4.78, 5) is 14.9. The molecule has 2 aromatic rings. The standard InChI is InChI=1S/C21H25NO3/c1-3-14-25-19-12-11-17(15-20(19)24-4-2)21(23)22-13-7-9-16-8-5-6-10-18(16)22/h5-6,8,10-12,15H,3-4,7,9,13-14H2,1-2H3. The molecular weight excluding hydrogens is 314 g/mol. The van der Waals surface area contributed by atoms with E-state index in [2.05, 4.69) is 13.0 Å². The number of benzene rings is 2. The first kappa shape index (κ1) is 17.3. The maximum Gasteiger partial charge on any atom is 0.258 e. The number of carbonyl (C=O) groups excluding carboxylic acids is 1. The molecule has 0 unspecified atom stereocenters. The number of ether oxygens (including phenoxy) is 2. The number of fused-ring (bicyclic) bond motifs is 1. The molecule has 4 heteroatoms. The quantitative estimate of drug-likeness (QED) is 0.779. The van der Waals surface area contributed by atoms with Crippen LogP contribution in [0.25, 0.3) is 0 Å². The summed E-state index contributed by atoms with van der Waals surface area (Å²) in [5.41, 5.74) is 2.88. The van der Waals surface area contributed by atoms with Gasteiger partial charge < -0.3 is 14.4 Å². The SMILES string of the molecule is CCCOc1ccc(C(=O)N2CCCc3ccccc32)cc1OCC. The van der Waals surface area contributed by atoms with Crippen LogP contribution in [0.5, 0.6) is 11.5 Å². The molecule has 0 spiro atoms.